The van der Waals surface area contributed by atoms with Crippen LogP contribution in [0.15, 0.2) is 23.1 Å². The first-order valence-electron chi connectivity index (χ1n) is 13.8. The second-order valence-corrected chi connectivity index (χ2v) is 12.2. The van der Waals surface area contributed by atoms with Crippen molar-refractivity contribution in [3.63, 3.8) is 0 Å². The molecule has 1 atom stereocenters. The molecule has 1 unspecified atom stereocenters. The number of aromatic nitrogens is 2. The van der Waals surface area contributed by atoms with E-state index in [2.05, 4.69) is 10.2 Å². The maximum atomic E-state index is 12.8. The first kappa shape index (κ1) is 27.4. The predicted octanol–water partition coefficient (Wildman–Crippen LogP) is 3.23. The summed E-state index contributed by atoms with van der Waals surface area (Å²) in [4.78, 5) is 25.0. The number of halogens is 3. The van der Waals surface area contributed by atoms with Crippen molar-refractivity contribution in [1.82, 2.24) is 14.9 Å². The third-order valence-corrected chi connectivity index (χ3v) is 9.44. The van der Waals surface area contributed by atoms with E-state index in [4.69, 9.17) is 19.4 Å². The van der Waals surface area contributed by atoms with Crippen molar-refractivity contribution in [3.8, 4) is 5.75 Å². The Balaban J connectivity index is 1.08. The van der Waals surface area contributed by atoms with Crippen LogP contribution in [0.3, 0.4) is 0 Å². The Labute approximate surface area is 233 Å². The first-order chi connectivity index (χ1) is 19.2. The molecular formula is C27H32F3N5O4S. The molecule has 1 N–H and O–H groups in total. The van der Waals surface area contributed by atoms with Crippen molar-refractivity contribution >= 4 is 28.8 Å². The lowest BCUT2D eigenvalue weighted by Crippen LogP contribution is -2.43. The van der Waals surface area contributed by atoms with E-state index in [0.717, 1.165) is 46.7 Å². The zero-order chi connectivity index (χ0) is 27.9. The van der Waals surface area contributed by atoms with Crippen molar-refractivity contribution in [3.05, 3.63) is 35.0 Å². The van der Waals surface area contributed by atoms with Crippen molar-refractivity contribution in [2.45, 2.75) is 68.3 Å². The minimum absolute atomic E-state index is 0.0111. The van der Waals surface area contributed by atoms with Crippen molar-refractivity contribution in [1.29, 1.82) is 0 Å². The monoisotopic (exact) mass is 579 g/mol. The highest BCUT2D eigenvalue weighted by atomic mass is 32.2. The lowest BCUT2D eigenvalue weighted by Gasteiger charge is -2.33. The zero-order valence-electron chi connectivity index (χ0n) is 22.0. The maximum absolute atomic E-state index is 12.8. The number of benzene rings is 1. The van der Waals surface area contributed by atoms with E-state index in [1.807, 2.05) is 6.07 Å². The van der Waals surface area contributed by atoms with Gasteiger partial charge in [0.1, 0.15) is 23.3 Å². The summed E-state index contributed by atoms with van der Waals surface area (Å²) in [7, 11) is 0. The summed E-state index contributed by atoms with van der Waals surface area (Å²) >= 11 is -1.09. The summed E-state index contributed by atoms with van der Waals surface area (Å²) in [6.07, 6.45) is -0.533. The van der Waals surface area contributed by atoms with Crippen LogP contribution in [0.1, 0.15) is 42.5 Å². The Bertz CT molecular complexity index is 1250. The molecule has 6 rings (SSSR count). The fraction of sp³-hybridized carbons (Fsp3) is 0.593. The van der Waals surface area contributed by atoms with E-state index >= 15 is 0 Å². The summed E-state index contributed by atoms with van der Waals surface area (Å²) < 4.78 is 62.9. The Morgan fingerprint density at radius 1 is 1.07 bits per heavy atom. The Kier molecular flexibility index (Phi) is 7.71. The molecule has 0 spiro atoms. The van der Waals surface area contributed by atoms with Crippen LogP contribution in [0, 0.1) is 0 Å². The molecule has 2 saturated heterocycles. The van der Waals surface area contributed by atoms with Gasteiger partial charge in [-0.2, -0.15) is 18.2 Å². The summed E-state index contributed by atoms with van der Waals surface area (Å²) in [6.45, 7) is 2.81. The molecule has 40 heavy (non-hydrogen) atoms. The molecule has 9 nitrogen and oxygen atoms in total. The molecule has 0 bridgehead atoms. The number of ether oxygens (including phenoxy) is 2. The van der Waals surface area contributed by atoms with Crippen LogP contribution in [0.4, 0.5) is 24.9 Å². The fourth-order valence-electron chi connectivity index (χ4n) is 5.78. The molecule has 0 saturated carbocycles. The van der Waals surface area contributed by atoms with Gasteiger partial charge in [-0.05, 0) is 53.7 Å². The molecule has 1 aromatic carbocycles. The average Bonchev–Trinajstić information content (AvgIpc) is 3.33. The molecule has 1 amide bonds. The number of hydrogen-bond donors (Lipinski definition) is 1. The molecule has 216 valence electrons. The van der Waals surface area contributed by atoms with Crippen LogP contribution in [-0.2, 0) is 40.1 Å². The number of nitrogens with one attached hydrogen (secondary N) is 1. The smallest absolute Gasteiger partial charge is 0.471 e. The Morgan fingerprint density at radius 3 is 2.60 bits per heavy atom. The van der Waals surface area contributed by atoms with Gasteiger partial charge >= 0.3 is 12.1 Å². The van der Waals surface area contributed by atoms with Crippen LogP contribution in [0.2, 0.25) is 0 Å². The molecule has 0 radical (unpaired) electrons. The third-order valence-electron chi connectivity index (χ3n) is 7.99. The van der Waals surface area contributed by atoms with Crippen LogP contribution >= 0.6 is 0 Å². The lowest BCUT2D eigenvalue weighted by molar-refractivity contribution is -0.186. The number of fused-ring (bicyclic) bond motifs is 2. The second-order valence-electron chi connectivity index (χ2n) is 10.7. The van der Waals surface area contributed by atoms with Crippen LogP contribution in [-0.4, -0.2) is 82.3 Å². The average molecular weight is 580 g/mol. The van der Waals surface area contributed by atoms with Crippen LogP contribution in [0.5, 0.6) is 5.75 Å². The SMILES string of the molecule is O=C(N1CCc2cc(OC3CCN(c4nc5c(c(NC6CCOCC6)n4)[S+]([O-])CC5)CC3)ccc2C1)C(F)(F)F. The van der Waals surface area contributed by atoms with Gasteiger partial charge in [0, 0.05) is 64.7 Å². The largest absolute Gasteiger partial charge is 0.611 e. The first-order valence-corrected chi connectivity index (χ1v) is 15.1. The number of piperidine rings is 1. The molecule has 2 fully saturated rings. The van der Waals surface area contributed by atoms with E-state index in [1.165, 1.54) is 0 Å². The molecule has 1 aromatic heterocycles. The van der Waals surface area contributed by atoms with Crippen LogP contribution < -0.4 is 15.0 Å². The van der Waals surface area contributed by atoms with Gasteiger partial charge in [0.25, 0.3) is 0 Å². The summed E-state index contributed by atoms with van der Waals surface area (Å²) in [5.41, 5.74) is 2.49. The normalized spacial score (nSPS) is 22.1. The molecule has 4 aliphatic rings. The van der Waals surface area contributed by atoms with E-state index in [1.54, 1.807) is 12.1 Å². The van der Waals surface area contributed by atoms with Gasteiger partial charge in [-0.3, -0.25) is 4.79 Å². The molecule has 2 aromatic rings. The second kappa shape index (κ2) is 11.2. The molecular weight excluding hydrogens is 547 g/mol. The Morgan fingerprint density at radius 2 is 1.85 bits per heavy atom. The highest BCUT2D eigenvalue weighted by Gasteiger charge is 2.43. The van der Waals surface area contributed by atoms with Gasteiger partial charge in [-0.1, -0.05) is 6.07 Å². The molecule has 0 aliphatic carbocycles. The van der Waals surface area contributed by atoms with Crippen molar-refractivity contribution < 1.29 is 32.0 Å². The van der Waals surface area contributed by atoms with Crippen molar-refractivity contribution in [2.24, 2.45) is 0 Å². The number of nitrogens with zero attached hydrogens (tertiary/aromatic N) is 4. The number of amides is 1. The quantitative estimate of drug-likeness (QED) is 0.539. The van der Waals surface area contributed by atoms with E-state index in [0.29, 0.717) is 68.0 Å². The van der Waals surface area contributed by atoms with E-state index in [-0.39, 0.29) is 25.2 Å². The number of alkyl halides is 3. The molecule has 13 heteroatoms. The van der Waals surface area contributed by atoms with Gasteiger partial charge in [-0.25, -0.2) is 4.98 Å². The molecule has 5 heterocycles. The summed E-state index contributed by atoms with van der Waals surface area (Å²) in [6, 6.07) is 5.65. The number of aryl methyl sites for hydroxylation is 1. The Hall–Kier alpha value is -2.77. The number of anilines is 2. The third kappa shape index (κ3) is 5.82. The van der Waals surface area contributed by atoms with E-state index < -0.39 is 23.3 Å². The minimum Gasteiger partial charge on any atom is -0.611 e. The van der Waals surface area contributed by atoms with Crippen LogP contribution in [0.25, 0.3) is 0 Å². The number of carbonyl (C=O) groups excluding carboxylic acids is 1. The highest BCUT2D eigenvalue weighted by Crippen LogP contribution is 2.34. The van der Waals surface area contributed by atoms with Gasteiger partial charge < -0.3 is 29.1 Å². The van der Waals surface area contributed by atoms with Gasteiger partial charge in [0.2, 0.25) is 10.8 Å². The number of hydrogen-bond acceptors (Lipinski definition) is 8. The summed E-state index contributed by atoms with van der Waals surface area (Å²) in [5, 5.41) is 3.52. The minimum atomic E-state index is -4.86. The number of carbonyl (C=O) groups is 1. The van der Waals surface area contributed by atoms with Gasteiger partial charge in [0.05, 0.1) is 0 Å². The van der Waals surface area contributed by atoms with Gasteiger partial charge in [0.15, 0.2) is 5.82 Å². The standard InChI is InChI=1S/C27H32F3N5O4S/c28-27(29,30)25(36)35-9-3-17-15-21(2-1-18(17)16-35)39-20-4-10-34(11-5-20)26-32-22-8-14-40(37)23(22)24(33-26)31-19-6-12-38-13-7-19/h1-2,15,19-20H,3-14,16H2,(H,31,32,33). The van der Waals surface area contributed by atoms with Gasteiger partial charge in [-0.15, -0.1) is 0 Å². The lowest BCUT2D eigenvalue weighted by atomic mass is 9.99. The fourth-order valence-corrected chi connectivity index (χ4v) is 7.09. The maximum Gasteiger partial charge on any atom is 0.471 e. The van der Waals surface area contributed by atoms with E-state index in [9.17, 15) is 22.5 Å². The number of rotatable bonds is 5. The topological polar surface area (TPSA) is 103 Å². The van der Waals surface area contributed by atoms with Crippen molar-refractivity contribution in [2.75, 3.05) is 48.8 Å². The highest BCUT2D eigenvalue weighted by molar-refractivity contribution is 7.91. The summed E-state index contributed by atoms with van der Waals surface area (Å²) in [5.74, 6) is 0.802. The molecule has 4 aliphatic heterocycles. The predicted molar refractivity (Wildman–Crippen MR) is 142 cm³/mol. The zero-order valence-corrected chi connectivity index (χ0v) is 22.9.